The highest BCUT2D eigenvalue weighted by atomic mass is 32.2. The molecular weight excluding hydrogens is 357 g/mol. The van der Waals surface area contributed by atoms with Crippen molar-refractivity contribution in [1.29, 1.82) is 0 Å². The van der Waals surface area contributed by atoms with E-state index < -0.39 is 20.2 Å². The Balaban J connectivity index is 2.29. The quantitative estimate of drug-likeness (QED) is 0.856. The molecule has 25 heavy (non-hydrogen) atoms. The summed E-state index contributed by atoms with van der Waals surface area (Å²) in [5.41, 5.74) is -5.37. The highest BCUT2D eigenvalue weighted by Gasteiger charge is 2.48. The highest BCUT2D eigenvalue weighted by molar-refractivity contribution is 7.92. The van der Waals surface area contributed by atoms with Crippen LogP contribution in [-0.4, -0.2) is 39.5 Å². The van der Waals surface area contributed by atoms with Gasteiger partial charge in [-0.15, -0.1) is 0 Å². The van der Waals surface area contributed by atoms with Gasteiger partial charge in [-0.2, -0.15) is 13.2 Å². The molecule has 1 aromatic rings. The van der Waals surface area contributed by atoms with E-state index in [0.717, 1.165) is 12.5 Å². The molecule has 0 aromatic heterocycles. The molecule has 1 aliphatic rings. The Morgan fingerprint density at radius 3 is 2.64 bits per heavy atom. The number of benzene rings is 1. The third kappa shape index (κ3) is 4.26. The van der Waals surface area contributed by atoms with Crippen LogP contribution in [-0.2, 0) is 14.6 Å². The van der Waals surface area contributed by atoms with Gasteiger partial charge in [-0.05, 0) is 31.4 Å². The maximum Gasteiger partial charge on any atom is 0.501 e. The fraction of sp³-hybridized carbons (Fsp3) is 0.562. The van der Waals surface area contributed by atoms with Crippen molar-refractivity contribution in [3.63, 3.8) is 0 Å². The van der Waals surface area contributed by atoms with E-state index in [4.69, 9.17) is 0 Å². The third-order valence-electron chi connectivity index (χ3n) is 4.14. The van der Waals surface area contributed by atoms with E-state index in [2.05, 4.69) is 5.32 Å². The number of hydrogen-bond acceptors (Lipinski definition) is 4. The van der Waals surface area contributed by atoms with Crippen LogP contribution in [0, 0.1) is 5.92 Å². The smallest absolute Gasteiger partial charge is 0.370 e. The Morgan fingerprint density at radius 2 is 2.00 bits per heavy atom. The Kier molecular flexibility index (Phi) is 5.97. The predicted octanol–water partition coefficient (Wildman–Crippen LogP) is 2.72. The van der Waals surface area contributed by atoms with E-state index in [0.29, 0.717) is 25.9 Å². The second kappa shape index (κ2) is 7.63. The topological polar surface area (TPSA) is 66.5 Å². The number of hydrogen-bond donors (Lipinski definition) is 1. The molecule has 1 atom stereocenters. The van der Waals surface area contributed by atoms with Gasteiger partial charge in [0.15, 0.2) is 0 Å². The third-order valence-corrected chi connectivity index (χ3v) is 5.68. The molecule has 1 unspecified atom stereocenters. The lowest BCUT2D eigenvalue weighted by molar-refractivity contribution is -0.125. The SMILES string of the molecule is CCCNC(=O)C1CCCN(c2ccccc2S(=O)(=O)C(F)(F)F)C1. The fourth-order valence-electron chi connectivity index (χ4n) is 2.87. The molecule has 140 valence electrons. The largest absolute Gasteiger partial charge is 0.501 e. The molecule has 1 saturated heterocycles. The van der Waals surface area contributed by atoms with Crippen LogP contribution in [0.2, 0.25) is 0 Å². The van der Waals surface area contributed by atoms with Crippen LogP contribution in [0.4, 0.5) is 18.9 Å². The molecule has 0 radical (unpaired) electrons. The first kappa shape index (κ1) is 19.6. The standard InChI is InChI=1S/C16H21F3N2O3S/c1-2-9-20-15(22)12-6-5-10-21(11-12)13-7-3-4-8-14(13)25(23,24)16(17,18)19/h3-4,7-8,12H,2,5-6,9-11H2,1H3,(H,20,22). The Morgan fingerprint density at radius 1 is 1.32 bits per heavy atom. The Hall–Kier alpha value is -1.77. The minimum atomic E-state index is -5.45. The summed E-state index contributed by atoms with van der Waals surface area (Å²) in [6.07, 6.45) is 2.01. The number of sulfone groups is 1. The second-order valence-electron chi connectivity index (χ2n) is 5.99. The fourth-order valence-corrected chi connectivity index (χ4v) is 3.85. The molecule has 1 fully saturated rings. The van der Waals surface area contributed by atoms with E-state index in [9.17, 15) is 26.4 Å². The van der Waals surface area contributed by atoms with Crippen LogP contribution in [0.3, 0.4) is 0 Å². The zero-order valence-electron chi connectivity index (χ0n) is 13.8. The predicted molar refractivity (Wildman–Crippen MR) is 87.9 cm³/mol. The van der Waals surface area contributed by atoms with E-state index in [-0.39, 0.29) is 24.1 Å². The Bertz CT molecular complexity index is 720. The first-order valence-electron chi connectivity index (χ1n) is 8.11. The van der Waals surface area contributed by atoms with Crippen molar-refractivity contribution in [2.75, 3.05) is 24.5 Å². The zero-order valence-corrected chi connectivity index (χ0v) is 14.7. The Labute approximate surface area is 145 Å². The minimum Gasteiger partial charge on any atom is -0.370 e. The molecule has 9 heteroatoms. The summed E-state index contributed by atoms with van der Waals surface area (Å²) in [7, 11) is -5.45. The van der Waals surface area contributed by atoms with Crippen molar-refractivity contribution in [2.24, 2.45) is 5.92 Å². The van der Waals surface area contributed by atoms with Gasteiger partial charge in [0.1, 0.15) is 0 Å². The van der Waals surface area contributed by atoms with Crippen molar-refractivity contribution >= 4 is 21.4 Å². The molecule has 1 aliphatic heterocycles. The summed E-state index contributed by atoms with van der Waals surface area (Å²) < 4.78 is 62.5. The lowest BCUT2D eigenvalue weighted by Crippen LogP contribution is -2.43. The van der Waals surface area contributed by atoms with Crippen LogP contribution in [0.15, 0.2) is 29.2 Å². The van der Waals surface area contributed by atoms with E-state index in [1.165, 1.54) is 18.2 Å². The monoisotopic (exact) mass is 378 g/mol. The van der Waals surface area contributed by atoms with Crippen LogP contribution in [0.25, 0.3) is 0 Å². The number of carbonyl (C=O) groups is 1. The first-order valence-corrected chi connectivity index (χ1v) is 9.60. The van der Waals surface area contributed by atoms with Gasteiger partial charge in [0.05, 0.1) is 16.5 Å². The molecule has 1 amide bonds. The van der Waals surface area contributed by atoms with Gasteiger partial charge in [0.2, 0.25) is 5.91 Å². The van der Waals surface area contributed by atoms with Crippen molar-refractivity contribution in [2.45, 2.75) is 36.6 Å². The number of rotatable bonds is 5. The van der Waals surface area contributed by atoms with E-state index in [1.807, 2.05) is 6.92 Å². The maximum atomic E-state index is 12.9. The molecule has 0 aliphatic carbocycles. The maximum absolute atomic E-state index is 12.9. The zero-order chi connectivity index (χ0) is 18.7. The molecule has 1 aromatic carbocycles. The number of amides is 1. The molecule has 2 rings (SSSR count). The normalized spacial score (nSPS) is 18.9. The number of piperidine rings is 1. The van der Waals surface area contributed by atoms with Gasteiger partial charge >= 0.3 is 5.51 Å². The number of carbonyl (C=O) groups excluding carboxylic acids is 1. The van der Waals surface area contributed by atoms with E-state index in [1.54, 1.807) is 4.90 Å². The van der Waals surface area contributed by atoms with Gasteiger partial charge in [0.25, 0.3) is 9.84 Å². The number of nitrogens with zero attached hydrogens (tertiary/aromatic N) is 1. The van der Waals surface area contributed by atoms with Gasteiger partial charge in [-0.25, -0.2) is 8.42 Å². The van der Waals surface area contributed by atoms with Crippen molar-refractivity contribution in [3.8, 4) is 0 Å². The van der Waals surface area contributed by atoms with Crippen molar-refractivity contribution in [3.05, 3.63) is 24.3 Å². The minimum absolute atomic E-state index is 0.00665. The summed E-state index contributed by atoms with van der Waals surface area (Å²) in [5, 5.41) is 2.78. The number of anilines is 1. The molecular formula is C16H21F3N2O3S. The van der Waals surface area contributed by atoms with Gasteiger partial charge in [0, 0.05) is 19.6 Å². The van der Waals surface area contributed by atoms with Gasteiger partial charge in [-0.3, -0.25) is 4.79 Å². The lowest BCUT2D eigenvalue weighted by Gasteiger charge is -2.34. The second-order valence-corrected chi connectivity index (χ2v) is 7.90. The molecule has 0 saturated carbocycles. The van der Waals surface area contributed by atoms with Gasteiger partial charge < -0.3 is 10.2 Å². The molecule has 5 nitrogen and oxygen atoms in total. The van der Waals surface area contributed by atoms with Crippen LogP contribution in [0.1, 0.15) is 26.2 Å². The summed E-state index contributed by atoms with van der Waals surface area (Å²) >= 11 is 0. The summed E-state index contributed by atoms with van der Waals surface area (Å²) in [5.74, 6) is -0.523. The number of halogens is 3. The van der Waals surface area contributed by atoms with E-state index >= 15 is 0 Å². The molecule has 1 heterocycles. The van der Waals surface area contributed by atoms with Crippen LogP contribution < -0.4 is 10.2 Å². The molecule has 0 bridgehead atoms. The van der Waals surface area contributed by atoms with Crippen LogP contribution >= 0.6 is 0 Å². The molecule has 0 spiro atoms. The average molecular weight is 378 g/mol. The number of alkyl halides is 3. The van der Waals surface area contributed by atoms with Crippen molar-refractivity contribution < 1.29 is 26.4 Å². The van der Waals surface area contributed by atoms with Crippen molar-refractivity contribution in [1.82, 2.24) is 5.32 Å². The first-order chi connectivity index (χ1) is 11.7. The lowest BCUT2D eigenvalue weighted by atomic mass is 9.96. The average Bonchev–Trinajstić information content (AvgIpc) is 2.58. The van der Waals surface area contributed by atoms with Gasteiger partial charge in [-0.1, -0.05) is 19.1 Å². The summed E-state index contributed by atoms with van der Waals surface area (Å²) in [4.78, 5) is 12.9. The van der Waals surface area contributed by atoms with Crippen LogP contribution in [0.5, 0.6) is 0 Å². The number of nitrogens with one attached hydrogen (secondary N) is 1. The molecule has 1 N–H and O–H groups in total. The number of para-hydroxylation sites is 1. The highest BCUT2D eigenvalue weighted by Crippen LogP contribution is 2.37. The summed E-state index contributed by atoms with van der Waals surface area (Å²) in [6, 6.07) is 5.06. The summed E-state index contributed by atoms with van der Waals surface area (Å²) in [6.45, 7) is 3.06.